The zero-order valence-corrected chi connectivity index (χ0v) is 16.3. The second kappa shape index (κ2) is 8.32. The minimum absolute atomic E-state index is 0.0981. The highest BCUT2D eigenvalue weighted by molar-refractivity contribution is 7.22. The number of carbonyl (C=O) groups excluding carboxylic acids is 1. The second-order valence-corrected chi connectivity index (χ2v) is 7.13. The minimum Gasteiger partial charge on any atom is -0.384 e. The summed E-state index contributed by atoms with van der Waals surface area (Å²) in [4.78, 5) is 31.5. The van der Waals surface area contributed by atoms with E-state index in [1.807, 2.05) is 38.1 Å². The Hall–Kier alpha value is -2.71. The van der Waals surface area contributed by atoms with Gasteiger partial charge >= 0.3 is 6.03 Å². The van der Waals surface area contributed by atoms with Crippen molar-refractivity contribution in [1.29, 1.82) is 0 Å². The summed E-state index contributed by atoms with van der Waals surface area (Å²) in [6.07, 6.45) is 0.528. The number of carbonyl (C=O) groups is 1. The molecule has 1 aromatic carbocycles. The van der Waals surface area contributed by atoms with E-state index in [-0.39, 0.29) is 11.6 Å². The molecule has 0 aliphatic rings. The van der Waals surface area contributed by atoms with Gasteiger partial charge in [0.15, 0.2) is 5.13 Å². The van der Waals surface area contributed by atoms with Crippen LogP contribution in [0.1, 0.15) is 18.2 Å². The highest BCUT2D eigenvalue weighted by Crippen LogP contribution is 2.31. The van der Waals surface area contributed by atoms with Crippen molar-refractivity contribution in [1.82, 2.24) is 15.3 Å². The first kappa shape index (κ1) is 19.1. The Kier molecular flexibility index (Phi) is 5.88. The maximum absolute atomic E-state index is 12.4. The maximum Gasteiger partial charge on any atom is 0.321 e. The molecule has 0 saturated heterocycles. The monoisotopic (exact) mass is 386 g/mol. The molecule has 0 fully saturated rings. The van der Waals surface area contributed by atoms with Crippen LogP contribution in [0.4, 0.5) is 9.93 Å². The molecule has 0 saturated carbocycles. The van der Waals surface area contributed by atoms with E-state index in [2.05, 4.69) is 20.6 Å². The quantitative estimate of drug-likeness (QED) is 0.606. The number of aromatic amines is 1. The Morgan fingerprint density at radius 3 is 2.89 bits per heavy atom. The number of amides is 2. The Bertz CT molecular complexity index is 1030. The van der Waals surface area contributed by atoms with E-state index in [9.17, 15) is 9.59 Å². The SMILES string of the molecule is CCNC(=O)Nc1nc2cc(-c3cc(C)[nH]c(=O)c3CCOC)ccc2s1. The molecule has 3 N–H and O–H groups in total. The Balaban J connectivity index is 2.00. The molecule has 27 heavy (non-hydrogen) atoms. The van der Waals surface area contributed by atoms with Crippen LogP contribution in [0.25, 0.3) is 21.3 Å². The fourth-order valence-corrected chi connectivity index (χ4v) is 3.72. The van der Waals surface area contributed by atoms with Crippen LogP contribution in [0.3, 0.4) is 0 Å². The first-order valence-corrected chi connectivity index (χ1v) is 9.51. The van der Waals surface area contributed by atoms with Crippen molar-refractivity contribution in [2.75, 3.05) is 25.6 Å². The summed E-state index contributed by atoms with van der Waals surface area (Å²) in [5, 5.41) is 5.95. The van der Waals surface area contributed by atoms with Crippen LogP contribution < -0.4 is 16.2 Å². The van der Waals surface area contributed by atoms with E-state index >= 15 is 0 Å². The molecule has 2 amide bonds. The predicted octanol–water partition coefficient (Wildman–Crippen LogP) is 3.29. The average molecular weight is 386 g/mol. The topological polar surface area (TPSA) is 96.1 Å². The number of anilines is 1. The summed E-state index contributed by atoms with van der Waals surface area (Å²) in [7, 11) is 1.62. The lowest BCUT2D eigenvalue weighted by Gasteiger charge is -2.10. The lowest BCUT2D eigenvalue weighted by atomic mass is 9.98. The first-order valence-electron chi connectivity index (χ1n) is 8.69. The highest BCUT2D eigenvalue weighted by Gasteiger charge is 2.13. The number of thiazole rings is 1. The molecule has 0 radical (unpaired) electrons. The summed E-state index contributed by atoms with van der Waals surface area (Å²) < 4.78 is 6.11. The third-order valence-corrected chi connectivity index (χ3v) is 5.04. The van der Waals surface area contributed by atoms with Crippen molar-refractivity contribution in [3.05, 3.63) is 45.9 Å². The molecule has 0 aliphatic carbocycles. The number of nitrogens with one attached hydrogen (secondary N) is 3. The third kappa shape index (κ3) is 4.35. The van der Waals surface area contributed by atoms with Crippen LogP contribution in [0.15, 0.2) is 29.1 Å². The Morgan fingerprint density at radius 1 is 1.33 bits per heavy atom. The molecular weight excluding hydrogens is 364 g/mol. The van der Waals surface area contributed by atoms with Crippen LogP contribution in [-0.2, 0) is 11.2 Å². The number of ether oxygens (including phenoxy) is 1. The number of nitrogens with zero attached hydrogens (tertiary/aromatic N) is 1. The van der Waals surface area contributed by atoms with Crippen LogP contribution in [0.2, 0.25) is 0 Å². The van der Waals surface area contributed by atoms with E-state index in [1.165, 1.54) is 11.3 Å². The number of aryl methyl sites for hydroxylation is 1. The van der Waals surface area contributed by atoms with Crippen molar-refractivity contribution in [3.63, 3.8) is 0 Å². The Labute approximate surface area is 160 Å². The Morgan fingerprint density at radius 2 is 2.15 bits per heavy atom. The van der Waals surface area contributed by atoms with E-state index in [0.717, 1.165) is 27.0 Å². The van der Waals surface area contributed by atoms with Gasteiger partial charge in [0.05, 0.1) is 16.8 Å². The molecule has 0 bridgehead atoms. The van der Waals surface area contributed by atoms with Gasteiger partial charge in [-0.25, -0.2) is 9.78 Å². The van der Waals surface area contributed by atoms with Gasteiger partial charge in [-0.05, 0) is 43.2 Å². The zero-order chi connectivity index (χ0) is 19.4. The molecule has 0 unspecified atom stereocenters. The number of hydrogen-bond acceptors (Lipinski definition) is 5. The summed E-state index contributed by atoms with van der Waals surface area (Å²) in [5.74, 6) is 0. The van der Waals surface area contributed by atoms with Crippen LogP contribution in [0.5, 0.6) is 0 Å². The van der Waals surface area contributed by atoms with Gasteiger partial charge in [0.1, 0.15) is 0 Å². The smallest absolute Gasteiger partial charge is 0.321 e. The maximum atomic E-state index is 12.4. The molecule has 2 heterocycles. The van der Waals surface area contributed by atoms with Crippen molar-refractivity contribution < 1.29 is 9.53 Å². The summed E-state index contributed by atoms with van der Waals surface area (Å²) >= 11 is 1.41. The summed E-state index contributed by atoms with van der Waals surface area (Å²) in [6.45, 7) is 4.74. The van der Waals surface area contributed by atoms with Gasteiger partial charge in [0.2, 0.25) is 0 Å². The van der Waals surface area contributed by atoms with Gasteiger partial charge < -0.3 is 15.0 Å². The van der Waals surface area contributed by atoms with Gasteiger partial charge in [-0.3, -0.25) is 10.1 Å². The number of pyridine rings is 1. The van der Waals surface area contributed by atoms with E-state index in [4.69, 9.17) is 4.74 Å². The van der Waals surface area contributed by atoms with Gasteiger partial charge in [0, 0.05) is 31.3 Å². The molecule has 0 atom stereocenters. The van der Waals surface area contributed by atoms with Crippen LogP contribution in [-0.4, -0.2) is 36.3 Å². The van der Waals surface area contributed by atoms with E-state index in [1.54, 1.807) is 7.11 Å². The molecular formula is C19H22N4O3S. The molecule has 3 aromatic rings. The minimum atomic E-state index is -0.274. The number of hydrogen-bond donors (Lipinski definition) is 3. The molecule has 0 spiro atoms. The highest BCUT2D eigenvalue weighted by atomic mass is 32.1. The van der Waals surface area contributed by atoms with Gasteiger partial charge in [-0.1, -0.05) is 17.4 Å². The van der Waals surface area contributed by atoms with Crippen molar-refractivity contribution >= 4 is 32.7 Å². The third-order valence-electron chi connectivity index (χ3n) is 4.08. The van der Waals surface area contributed by atoms with E-state index < -0.39 is 0 Å². The molecule has 8 heteroatoms. The normalized spacial score (nSPS) is 10.9. The molecule has 142 valence electrons. The predicted molar refractivity (Wildman–Crippen MR) is 109 cm³/mol. The van der Waals surface area contributed by atoms with Crippen LogP contribution >= 0.6 is 11.3 Å². The van der Waals surface area contributed by atoms with Crippen molar-refractivity contribution in [2.24, 2.45) is 0 Å². The number of H-pyrrole nitrogens is 1. The van der Waals surface area contributed by atoms with Crippen molar-refractivity contribution in [3.8, 4) is 11.1 Å². The summed E-state index contributed by atoms with van der Waals surface area (Å²) in [6, 6.07) is 7.57. The lowest BCUT2D eigenvalue weighted by Crippen LogP contribution is -2.28. The first-order chi connectivity index (χ1) is 13.0. The van der Waals surface area contributed by atoms with Gasteiger partial charge in [-0.2, -0.15) is 0 Å². The standard InChI is InChI=1S/C19H22N4O3S/c1-4-20-18(25)23-19-22-15-10-12(5-6-16(15)27-19)14-9-11(2)21-17(24)13(14)7-8-26-3/h5-6,9-10H,4,7-8H2,1-3H3,(H,21,24)(H2,20,22,23,25). The number of rotatable bonds is 6. The molecule has 2 aromatic heterocycles. The van der Waals surface area contributed by atoms with Crippen molar-refractivity contribution in [2.45, 2.75) is 20.3 Å². The lowest BCUT2D eigenvalue weighted by molar-refractivity contribution is 0.202. The fourth-order valence-electron chi connectivity index (χ4n) is 2.88. The second-order valence-electron chi connectivity index (χ2n) is 6.10. The average Bonchev–Trinajstić information content (AvgIpc) is 3.01. The number of fused-ring (bicyclic) bond motifs is 1. The van der Waals surface area contributed by atoms with E-state index in [0.29, 0.717) is 30.3 Å². The number of aromatic nitrogens is 2. The van der Waals surface area contributed by atoms with Gasteiger partial charge in [0.25, 0.3) is 5.56 Å². The zero-order valence-electron chi connectivity index (χ0n) is 15.5. The molecule has 0 aliphatic heterocycles. The summed E-state index contributed by atoms with van der Waals surface area (Å²) in [5.41, 5.74) is 3.96. The molecule has 3 rings (SSSR count). The van der Waals surface area contributed by atoms with Crippen LogP contribution in [0, 0.1) is 6.92 Å². The largest absolute Gasteiger partial charge is 0.384 e. The number of methoxy groups -OCH3 is 1. The van der Waals surface area contributed by atoms with Gasteiger partial charge in [-0.15, -0.1) is 0 Å². The number of benzene rings is 1. The number of urea groups is 1. The fraction of sp³-hybridized carbons (Fsp3) is 0.316. The molecule has 7 nitrogen and oxygen atoms in total.